The first-order valence-corrected chi connectivity index (χ1v) is 38.6. The van der Waals surface area contributed by atoms with Crippen molar-refractivity contribution in [2.45, 2.75) is 19.3 Å². The Kier molecular flexibility index (Phi) is 20.5. The van der Waals surface area contributed by atoms with Crippen LogP contribution in [0.1, 0.15) is 223 Å². The van der Waals surface area contributed by atoms with E-state index in [1.165, 1.54) is 121 Å². The number of carbonyl (C=O) groups excluding carboxylic acids is 18. The van der Waals surface area contributed by atoms with Crippen molar-refractivity contribution in [2.24, 2.45) is 0 Å². The van der Waals surface area contributed by atoms with Crippen LogP contribution in [0.25, 0.3) is 32.7 Å². The van der Waals surface area contributed by atoms with Gasteiger partial charge < -0.3 is 60.9 Å². The van der Waals surface area contributed by atoms with Gasteiger partial charge in [0.05, 0.1) is 111 Å². The van der Waals surface area contributed by atoms with E-state index >= 15 is 0 Å². The van der Waals surface area contributed by atoms with Gasteiger partial charge in [0.1, 0.15) is 34.5 Å². The molecule has 0 saturated carbocycles. The Labute approximate surface area is 731 Å². The third-order valence-corrected chi connectivity index (χ3v) is 21.6. The molecule has 8 aliphatic heterocycles. The van der Waals surface area contributed by atoms with Crippen molar-refractivity contribution in [1.82, 2.24) is 0 Å². The molecule has 2 aromatic heterocycles. The maximum absolute atomic E-state index is 12.7. The standard InChI is InChI=1S/C31H20O8.C23H10O8.C17H6O7.C16H6O6.C10H2O6/c1-31(2,17-3-7-19(8-4-17)36-21-11-13-23-25(15-21)29(34)38-27(23)32)18-5-9-20(10-6-18)37-22-12-14-24-26(16-22)30(35)39-28(24)33;24-19(12-3-7-15-17(9-12)22(27)30-20(15)25)11-1-4-13(5-2-11)29-14-6-8-16-18(10-14)23(28)31-21(16)26;18-13(7-1-3-9-11(5-7)16(21)23-14(9)19)8-2-4-10-12(6-8)17(22)24-15(10)20;17-13-9-3-1-7(5-11(9)15(19)21-13)8-2-4-10-12(6-8)16(20)22-14(10)18;11-7-3-1-4-6(10(14)16-8(4)12)2-5(3)9(13)15-7/h3-16H,1-2H3;1-10H;1-6H;1-6H;1-2H. The Balaban J connectivity index is 0.000000114. The highest BCUT2D eigenvalue weighted by Crippen LogP contribution is 2.39. The van der Waals surface area contributed by atoms with Crippen molar-refractivity contribution in [3.63, 3.8) is 0 Å². The number of hydrogen-bond acceptors (Lipinski definition) is 35. The molecular formula is C97H44O35. The first-order chi connectivity index (χ1) is 63.2. The minimum Gasteiger partial charge on any atom is -0.457 e. The lowest BCUT2D eigenvalue weighted by Gasteiger charge is -2.26. The Bertz CT molecular complexity index is 7550. The van der Waals surface area contributed by atoms with Crippen LogP contribution >= 0.6 is 0 Å². The van der Waals surface area contributed by atoms with Crippen molar-refractivity contribution < 1.29 is 147 Å². The SMILES string of the molecule is CC(C)(c1ccc(Oc2ccc3c(c2)C(=O)OC3=O)cc1)c1ccc(Oc2ccc3c(c2)C(=O)OC3=O)cc1.O=C(c1ccc(Oc2ccc3c(c2)C(=O)OC3=O)cc1)c1ccc2c(c1)C(=O)OC2=O.O=C(c1ccc2c(c1)C(=O)OC2=O)c1ccc2c(c1)C(=O)OC2=O.O=C1OC(=O)c2cc(-c3ccc4c(c3)C(=O)OC4=O)ccc21.O=c1oc(=O)c2cc3c(=O)oc(=O)c3cc12. The zero-order valence-electron chi connectivity index (χ0n) is 66.7. The summed E-state index contributed by atoms with van der Waals surface area (Å²) in [6.45, 7) is 4.20. The monoisotopic (exact) mass is 1770 g/mol. The summed E-state index contributed by atoms with van der Waals surface area (Å²) in [5, 5.41) is -0.0726. The molecule has 0 unspecified atom stereocenters. The van der Waals surface area contributed by atoms with E-state index in [1.54, 1.807) is 48.5 Å². The number of ketones is 2. The average Bonchev–Trinajstić information content (AvgIpc) is 1.53. The van der Waals surface area contributed by atoms with E-state index in [0.717, 1.165) is 23.3 Å². The highest BCUT2D eigenvalue weighted by Gasteiger charge is 2.39. The molecule has 0 bridgehead atoms. The second kappa shape index (κ2) is 32.4. The van der Waals surface area contributed by atoms with Crippen molar-refractivity contribution in [2.75, 3.05) is 0 Å². The number of cyclic esters (lactones) is 16. The lowest BCUT2D eigenvalue weighted by atomic mass is 9.78. The zero-order valence-corrected chi connectivity index (χ0v) is 66.7. The quantitative estimate of drug-likeness (QED) is 0.0448. The van der Waals surface area contributed by atoms with E-state index in [4.69, 9.17) is 14.2 Å². The molecule has 22 rings (SSSR count). The van der Waals surface area contributed by atoms with Gasteiger partial charge in [-0.05, 0) is 198 Å². The molecule has 0 N–H and O–H groups in total. The summed E-state index contributed by atoms with van der Waals surface area (Å²) in [5.41, 5.74) is 2.95. The van der Waals surface area contributed by atoms with Crippen LogP contribution in [0, 0.1) is 0 Å². The molecule has 0 amide bonds. The van der Waals surface area contributed by atoms with Crippen molar-refractivity contribution in [3.8, 4) is 45.6 Å². The van der Waals surface area contributed by atoms with Crippen LogP contribution in [0.15, 0.2) is 259 Å². The maximum atomic E-state index is 12.7. The highest BCUT2D eigenvalue weighted by molar-refractivity contribution is 6.22. The number of carbonyl (C=O) groups is 18. The molecule has 0 atom stereocenters. The van der Waals surface area contributed by atoms with E-state index in [0.29, 0.717) is 51.2 Å². The number of hydrogen-bond donors (Lipinski definition) is 0. The fourth-order valence-corrected chi connectivity index (χ4v) is 14.7. The number of rotatable bonds is 13. The van der Waals surface area contributed by atoms with Gasteiger partial charge in [0.25, 0.3) is 0 Å². The van der Waals surface area contributed by atoms with Crippen LogP contribution in [0.2, 0.25) is 0 Å². The topological polar surface area (TPSA) is 503 Å². The Morgan fingerprint density at radius 1 is 0.197 bits per heavy atom. The van der Waals surface area contributed by atoms with Gasteiger partial charge in [0, 0.05) is 27.7 Å². The van der Waals surface area contributed by atoms with Crippen molar-refractivity contribution >= 4 is 129 Å². The molecule has 12 aromatic carbocycles. The predicted octanol–water partition coefficient (Wildman–Crippen LogP) is 12.6. The Morgan fingerprint density at radius 3 is 0.644 bits per heavy atom. The van der Waals surface area contributed by atoms with E-state index in [2.05, 4.69) is 60.6 Å². The molecule has 132 heavy (non-hydrogen) atoms. The fraction of sp³-hybridized carbons (Fsp3) is 0.0309. The summed E-state index contributed by atoms with van der Waals surface area (Å²) in [5.74, 6) is -9.56. The van der Waals surface area contributed by atoms with Crippen LogP contribution in [0.4, 0.5) is 0 Å². The third kappa shape index (κ3) is 15.4. The summed E-state index contributed by atoms with van der Waals surface area (Å²) < 4.78 is 62.5. The summed E-state index contributed by atoms with van der Waals surface area (Å²) in [7, 11) is 0. The fourth-order valence-electron chi connectivity index (χ4n) is 14.7. The summed E-state index contributed by atoms with van der Waals surface area (Å²) in [4.78, 5) is 255. The van der Waals surface area contributed by atoms with Gasteiger partial charge in [-0.15, -0.1) is 0 Å². The van der Waals surface area contributed by atoms with Crippen LogP contribution in [0.3, 0.4) is 0 Å². The predicted molar refractivity (Wildman–Crippen MR) is 440 cm³/mol. The second-order valence-electron chi connectivity index (χ2n) is 29.8. The number of fused-ring (bicyclic) bond motifs is 10. The van der Waals surface area contributed by atoms with Gasteiger partial charge >= 0.3 is 118 Å². The molecule has 35 heteroatoms. The van der Waals surface area contributed by atoms with Crippen LogP contribution in [0.5, 0.6) is 34.5 Å². The lowest BCUT2D eigenvalue weighted by Crippen LogP contribution is -2.18. The molecule has 0 spiro atoms. The van der Waals surface area contributed by atoms with Gasteiger partial charge in [0.15, 0.2) is 11.6 Å². The number of furan rings is 2. The molecule has 8 aliphatic rings. The maximum Gasteiger partial charge on any atom is 0.347 e. The van der Waals surface area contributed by atoms with Gasteiger partial charge in [0.2, 0.25) is 0 Å². The summed E-state index contributed by atoms with van der Waals surface area (Å²) >= 11 is 0. The summed E-state index contributed by atoms with van der Waals surface area (Å²) in [6.07, 6.45) is 0. The van der Waals surface area contributed by atoms with Gasteiger partial charge in [-0.25, -0.2) is 95.9 Å². The van der Waals surface area contributed by atoms with E-state index in [-0.39, 0.29) is 138 Å². The first-order valence-electron chi connectivity index (χ1n) is 38.6. The molecule has 0 aliphatic carbocycles. The van der Waals surface area contributed by atoms with Gasteiger partial charge in [-0.2, -0.15) is 0 Å². The molecule has 0 fully saturated rings. The van der Waals surface area contributed by atoms with Gasteiger partial charge in [-0.3, -0.25) is 9.59 Å². The Hall–Kier alpha value is -19.2. The summed E-state index contributed by atoms with van der Waals surface area (Å²) in [6, 6.07) is 58.8. The second-order valence-corrected chi connectivity index (χ2v) is 29.8. The van der Waals surface area contributed by atoms with Crippen molar-refractivity contribution in [1.29, 1.82) is 0 Å². The molecular weight excluding hydrogens is 1730 g/mol. The normalized spacial score (nSPS) is 14.1. The molecule has 642 valence electrons. The number of benzene rings is 12. The van der Waals surface area contributed by atoms with E-state index < -0.39 is 124 Å². The minimum atomic E-state index is -0.824. The largest absolute Gasteiger partial charge is 0.457 e. The van der Waals surface area contributed by atoms with E-state index in [9.17, 15) is 105 Å². The molecule has 35 nitrogen and oxygen atoms in total. The first kappa shape index (κ1) is 83.7. The number of ether oxygens (including phenoxy) is 11. The molecule has 0 saturated heterocycles. The van der Waals surface area contributed by atoms with E-state index in [1.807, 2.05) is 48.5 Å². The van der Waals surface area contributed by atoms with Crippen LogP contribution < -0.4 is 36.7 Å². The van der Waals surface area contributed by atoms with Gasteiger partial charge in [-0.1, -0.05) is 68.4 Å². The highest BCUT2D eigenvalue weighted by atomic mass is 16.6. The van der Waals surface area contributed by atoms with Crippen molar-refractivity contribution in [3.05, 3.63) is 395 Å². The Morgan fingerprint density at radius 2 is 0.386 bits per heavy atom. The molecule has 0 radical (unpaired) electrons. The number of esters is 16. The van der Waals surface area contributed by atoms with Crippen LogP contribution in [-0.2, 0) is 43.3 Å². The molecule has 10 heterocycles. The average molecular weight is 1770 g/mol. The zero-order chi connectivity index (χ0) is 92.9. The lowest BCUT2D eigenvalue weighted by molar-refractivity contribution is 0.0425. The molecule has 14 aromatic rings. The van der Waals surface area contributed by atoms with Crippen LogP contribution in [-0.4, -0.2) is 107 Å². The smallest absolute Gasteiger partial charge is 0.347 e. The minimum absolute atomic E-state index is 0.0154. The third-order valence-electron chi connectivity index (χ3n) is 21.6.